The quantitative estimate of drug-likeness (QED) is 0.333. The molecule has 1 aromatic heterocycles. The third-order valence-corrected chi connectivity index (χ3v) is 8.37. The molecule has 0 aliphatic heterocycles. The first kappa shape index (κ1) is 27.1. The molecule has 2 aromatic carbocycles. The van der Waals surface area contributed by atoms with E-state index in [0.29, 0.717) is 43.3 Å². The molecule has 3 aromatic rings. The molecule has 3 rings (SSSR count). The fraction of sp³-hybridized carbons (Fsp3) is 0.440. The Morgan fingerprint density at radius 2 is 1.83 bits per heavy atom. The second-order valence-corrected chi connectivity index (χ2v) is 11.0. The van der Waals surface area contributed by atoms with Gasteiger partial charge in [-0.05, 0) is 62.7 Å². The largest absolute Gasteiger partial charge is 0.494 e. The van der Waals surface area contributed by atoms with Crippen LogP contribution in [-0.4, -0.2) is 56.6 Å². The van der Waals surface area contributed by atoms with Gasteiger partial charge in [-0.3, -0.25) is 4.79 Å². The van der Waals surface area contributed by atoms with Gasteiger partial charge in [0.25, 0.3) is 5.91 Å². The van der Waals surface area contributed by atoms with Crippen molar-refractivity contribution < 1.29 is 22.7 Å². The van der Waals surface area contributed by atoms with Gasteiger partial charge in [0.15, 0.2) is 4.80 Å². The van der Waals surface area contributed by atoms with Gasteiger partial charge >= 0.3 is 0 Å². The maximum Gasteiger partial charge on any atom is 0.279 e. The van der Waals surface area contributed by atoms with Crippen molar-refractivity contribution in [3.63, 3.8) is 0 Å². The molecule has 0 fully saturated rings. The third-order valence-electron chi connectivity index (χ3n) is 5.46. The average molecular weight is 520 g/mol. The van der Waals surface area contributed by atoms with Gasteiger partial charge < -0.3 is 14.0 Å². The van der Waals surface area contributed by atoms with E-state index in [1.807, 2.05) is 43.5 Å². The lowest BCUT2D eigenvalue weighted by molar-refractivity contribution is 0.0996. The van der Waals surface area contributed by atoms with E-state index in [1.54, 1.807) is 7.05 Å². The van der Waals surface area contributed by atoms with Crippen molar-refractivity contribution in [2.75, 3.05) is 33.4 Å². The molecule has 0 radical (unpaired) electrons. The van der Waals surface area contributed by atoms with Gasteiger partial charge in [0.05, 0.1) is 28.3 Å². The molecule has 35 heavy (non-hydrogen) atoms. The van der Waals surface area contributed by atoms with Crippen LogP contribution in [-0.2, 0) is 21.3 Å². The van der Waals surface area contributed by atoms with Crippen LogP contribution in [0.4, 0.5) is 0 Å². The van der Waals surface area contributed by atoms with Crippen LogP contribution in [0.1, 0.15) is 44.0 Å². The first-order valence-corrected chi connectivity index (χ1v) is 14.1. The molecule has 190 valence electrons. The number of carbonyl (C=O) groups excluding carboxylic acids is 1. The lowest BCUT2D eigenvalue weighted by atomic mass is 10.2. The van der Waals surface area contributed by atoms with Crippen molar-refractivity contribution in [1.29, 1.82) is 0 Å². The summed E-state index contributed by atoms with van der Waals surface area (Å²) in [5.41, 5.74) is 1.27. The zero-order valence-corrected chi connectivity index (χ0v) is 22.3. The zero-order chi connectivity index (χ0) is 25.4. The lowest BCUT2D eigenvalue weighted by Crippen LogP contribution is -2.27. The van der Waals surface area contributed by atoms with Crippen molar-refractivity contribution in [2.45, 2.75) is 45.1 Å². The summed E-state index contributed by atoms with van der Waals surface area (Å²) < 4.78 is 40.9. The Bertz CT molecular complexity index is 1310. The Morgan fingerprint density at radius 1 is 1.09 bits per heavy atom. The molecule has 0 bridgehead atoms. The highest BCUT2D eigenvalue weighted by atomic mass is 32.2. The van der Waals surface area contributed by atoms with Gasteiger partial charge in [-0.1, -0.05) is 24.7 Å². The number of hydrogen-bond donors (Lipinski definition) is 0. The average Bonchev–Trinajstić information content (AvgIpc) is 3.19. The van der Waals surface area contributed by atoms with Gasteiger partial charge in [0.1, 0.15) is 5.75 Å². The first-order chi connectivity index (χ1) is 16.8. The number of unbranched alkanes of at least 4 members (excludes halogenated alkanes) is 1. The second kappa shape index (κ2) is 12.4. The number of fused-ring (bicyclic) bond motifs is 1. The predicted molar refractivity (Wildman–Crippen MR) is 139 cm³/mol. The number of carbonyl (C=O) groups is 1. The smallest absolute Gasteiger partial charge is 0.279 e. The molecule has 8 nitrogen and oxygen atoms in total. The molecular formula is C25H33N3O5S2. The van der Waals surface area contributed by atoms with E-state index in [2.05, 4.69) is 4.99 Å². The van der Waals surface area contributed by atoms with E-state index in [-0.39, 0.29) is 4.90 Å². The minimum absolute atomic E-state index is 0.157. The van der Waals surface area contributed by atoms with Crippen LogP contribution in [0.5, 0.6) is 5.75 Å². The topological polar surface area (TPSA) is 90.2 Å². The maximum absolute atomic E-state index is 13.0. The summed E-state index contributed by atoms with van der Waals surface area (Å²) in [5, 5.41) is 0. The molecule has 0 unspecified atom stereocenters. The fourth-order valence-electron chi connectivity index (χ4n) is 3.51. The minimum atomic E-state index is -3.59. The highest BCUT2D eigenvalue weighted by Gasteiger charge is 2.20. The highest BCUT2D eigenvalue weighted by Crippen LogP contribution is 2.24. The van der Waals surface area contributed by atoms with Gasteiger partial charge in [-0.25, -0.2) is 12.7 Å². The molecule has 1 heterocycles. The number of sulfonamides is 1. The normalized spacial score (nSPS) is 12.5. The van der Waals surface area contributed by atoms with Gasteiger partial charge in [-0.2, -0.15) is 4.99 Å². The maximum atomic E-state index is 13.0. The Morgan fingerprint density at radius 3 is 2.49 bits per heavy atom. The van der Waals surface area contributed by atoms with E-state index in [9.17, 15) is 13.2 Å². The van der Waals surface area contributed by atoms with E-state index in [1.165, 1.54) is 39.9 Å². The molecule has 0 spiro atoms. The number of nitrogens with zero attached hydrogens (tertiary/aromatic N) is 3. The van der Waals surface area contributed by atoms with E-state index in [0.717, 1.165) is 28.8 Å². The van der Waals surface area contributed by atoms with Crippen LogP contribution >= 0.6 is 11.3 Å². The number of amides is 1. The fourth-order valence-corrected chi connectivity index (χ4v) is 5.81. The molecule has 1 amide bonds. The van der Waals surface area contributed by atoms with Crippen molar-refractivity contribution >= 4 is 37.5 Å². The summed E-state index contributed by atoms with van der Waals surface area (Å²) in [7, 11) is -2.03. The monoisotopic (exact) mass is 519 g/mol. The standard InChI is InChI=1S/C25H33N3O5S2/c1-5-8-15-27(4)35(30,31)21-12-9-19(10-13-21)24(29)26-25-28(16-17-32-6-2)22-14-11-20(33-7-3)18-23(22)34-25/h9-14,18H,5-8,15-17H2,1-4H3. The van der Waals surface area contributed by atoms with Gasteiger partial charge in [-0.15, -0.1) is 0 Å². The van der Waals surface area contributed by atoms with E-state index < -0.39 is 15.9 Å². The summed E-state index contributed by atoms with van der Waals surface area (Å²) in [6.45, 7) is 8.55. The zero-order valence-electron chi connectivity index (χ0n) is 20.7. The second-order valence-electron chi connectivity index (χ2n) is 7.92. The van der Waals surface area contributed by atoms with Crippen molar-refractivity contribution in [3.8, 4) is 5.75 Å². The molecule has 0 aliphatic rings. The molecular weight excluding hydrogens is 486 g/mol. The summed E-state index contributed by atoms with van der Waals surface area (Å²) in [6.07, 6.45) is 1.69. The number of ether oxygens (including phenoxy) is 2. The molecule has 10 heteroatoms. The van der Waals surface area contributed by atoms with Crippen LogP contribution in [0.15, 0.2) is 52.4 Å². The number of hydrogen-bond acceptors (Lipinski definition) is 6. The number of rotatable bonds is 12. The summed E-state index contributed by atoms with van der Waals surface area (Å²) in [4.78, 5) is 18.1. The highest BCUT2D eigenvalue weighted by molar-refractivity contribution is 7.89. The van der Waals surface area contributed by atoms with Crippen molar-refractivity contribution in [2.24, 2.45) is 4.99 Å². The summed E-state index contributed by atoms with van der Waals surface area (Å²) in [6, 6.07) is 11.7. The van der Waals surface area contributed by atoms with Crippen LogP contribution in [0, 0.1) is 0 Å². The Kier molecular flexibility index (Phi) is 9.62. The van der Waals surface area contributed by atoms with Gasteiger partial charge in [0.2, 0.25) is 10.0 Å². The minimum Gasteiger partial charge on any atom is -0.494 e. The van der Waals surface area contributed by atoms with Crippen molar-refractivity contribution in [3.05, 3.63) is 52.8 Å². The predicted octanol–water partition coefficient (Wildman–Crippen LogP) is 4.30. The Hall–Kier alpha value is -2.53. The number of benzene rings is 2. The summed E-state index contributed by atoms with van der Waals surface area (Å²) in [5.74, 6) is 0.326. The van der Waals surface area contributed by atoms with E-state index >= 15 is 0 Å². The molecule has 0 N–H and O–H groups in total. The third kappa shape index (κ3) is 6.58. The molecule has 0 aliphatic carbocycles. The molecule has 0 saturated heterocycles. The number of aromatic nitrogens is 1. The van der Waals surface area contributed by atoms with Crippen LogP contribution in [0.2, 0.25) is 0 Å². The SMILES string of the molecule is CCCCN(C)S(=O)(=O)c1ccc(C(=O)N=c2sc3cc(OCC)ccc3n2CCOCC)cc1. The first-order valence-electron chi connectivity index (χ1n) is 11.8. The summed E-state index contributed by atoms with van der Waals surface area (Å²) >= 11 is 1.40. The lowest BCUT2D eigenvalue weighted by Gasteiger charge is -2.16. The van der Waals surface area contributed by atoms with Crippen LogP contribution < -0.4 is 9.54 Å². The van der Waals surface area contributed by atoms with Crippen LogP contribution in [0.25, 0.3) is 10.2 Å². The van der Waals surface area contributed by atoms with Crippen molar-refractivity contribution in [1.82, 2.24) is 8.87 Å². The van der Waals surface area contributed by atoms with Gasteiger partial charge in [0, 0.05) is 32.3 Å². The Labute approximate surface area is 210 Å². The number of thiazole rings is 1. The van der Waals surface area contributed by atoms with E-state index in [4.69, 9.17) is 9.47 Å². The van der Waals surface area contributed by atoms with Crippen LogP contribution in [0.3, 0.4) is 0 Å². The molecule has 0 saturated carbocycles. The molecule has 0 atom stereocenters. The Balaban J connectivity index is 1.93.